The van der Waals surface area contributed by atoms with Crippen molar-refractivity contribution >= 4 is 17.6 Å². The van der Waals surface area contributed by atoms with E-state index >= 15 is 0 Å². The molecule has 148 valence electrons. The molecule has 2 saturated carbocycles. The van der Waals surface area contributed by atoms with Gasteiger partial charge in [0.2, 0.25) is 0 Å². The molecule has 2 aliphatic carbocycles. The van der Waals surface area contributed by atoms with Crippen LogP contribution in [0, 0.1) is 0 Å². The van der Waals surface area contributed by atoms with Crippen LogP contribution in [0.5, 0.6) is 0 Å². The Morgan fingerprint density at radius 1 is 1.14 bits per heavy atom. The molecule has 0 spiro atoms. The Balaban J connectivity index is 1.39. The average Bonchev–Trinajstić information content (AvgIpc) is 3.28. The maximum Gasteiger partial charge on any atom is 0.407 e. The number of anilines is 2. The van der Waals surface area contributed by atoms with Crippen molar-refractivity contribution in [3.63, 3.8) is 0 Å². The van der Waals surface area contributed by atoms with Gasteiger partial charge in [0.1, 0.15) is 6.10 Å². The van der Waals surface area contributed by atoms with Gasteiger partial charge in [0.05, 0.1) is 17.9 Å². The van der Waals surface area contributed by atoms with Gasteiger partial charge in [-0.15, -0.1) is 0 Å². The van der Waals surface area contributed by atoms with Gasteiger partial charge in [-0.1, -0.05) is 0 Å². The van der Waals surface area contributed by atoms with Crippen LogP contribution in [0.2, 0.25) is 0 Å². The van der Waals surface area contributed by atoms with E-state index in [1.54, 1.807) is 6.20 Å². The van der Waals surface area contributed by atoms with Crippen LogP contribution in [-0.2, 0) is 9.47 Å². The predicted molar refractivity (Wildman–Crippen MR) is 102 cm³/mol. The lowest BCUT2D eigenvalue weighted by molar-refractivity contribution is -0.0600. The van der Waals surface area contributed by atoms with E-state index in [2.05, 4.69) is 25.8 Å². The highest BCUT2D eigenvalue weighted by Crippen LogP contribution is 2.36. The van der Waals surface area contributed by atoms with E-state index in [9.17, 15) is 4.79 Å². The topological polar surface area (TPSA) is 101 Å². The third-order valence-corrected chi connectivity index (χ3v) is 5.98. The van der Waals surface area contributed by atoms with Crippen LogP contribution in [0.4, 0.5) is 16.3 Å². The number of H-pyrrole nitrogens is 1. The minimum atomic E-state index is -0.315. The molecule has 6 rings (SSSR count). The van der Waals surface area contributed by atoms with Crippen molar-refractivity contribution in [2.75, 3.05) is 5.32 Å². The van der Waals surface area contributed by atoms with Gasteiger partial charge in [-0.3, -0.25) is 10.1 Å². The molecule has 2 fully saturated rings. The van der Waals surface area contributed by atoms with Crippen molar-refractivity contribution in [2.24, 2.45) is 0 Å². The summed E-state index contributed by atoms with van der Waals surface area (Å²) in [6.07, 6.45) is 5.72. The average molecular weight is 383 g/mol. The van der Waals surface area contributed by atoms with Crippen molar-refractivity contribution in [2.45, 2.75) is 69.3 Å². The normalized spacial score (nSPS) is 32.2. The van der Waals surface area contributed by atoms with E-state index in [0.717, 1.165) is 55.0 Å². The molecule has 8 heteroatoms. The summed E-state index contributed by atoms with van der Waals surface area (Å²) in [7, 11) is 0. The Kier molecular flexibility index (Phi) is 4.43. The van der Waals surface area contributed by atoms with E-state index in [0.29, 0.717) is 5.92 Å². The smallest absolute Gasteiger partial charge is 0.407 e. The molecule has 3 atom stereocenters. The van der Waals surface area contributed by atoms with Gasteiger partial charge in [-0.2, -0.15) is 5.10 Å². The Labute approximate surface area is 163 Å². The number of ether oxygens (including phenoxy) is 2. The summed E-state index contributed by atoms with van der Waals surface area (Å²) in [5, 5.41) is 13.8. The number of hydrogen-bond acceptors (Lipinski definition) is 6. The predicted octanol–water partition coefficient (Wildman–Crippen LogP) is 3.53. The molecule has 2 aromatic heterocycles. The number of hydrogen-bond donors (Lipinski definition) is 3. The number of aromatic amines is 1. The van der Waals surface area contributed by atoms with Crippen molar-refractivity contribution < 1.29 is 14.3 Å². The van der Waals surface area contributed by atoms with Gasteiger partial charge in [-0.25, -0.2) is 4.79 Å². The van der Waals surface area contributed by atoms with E-state index < -0.39 is 0 Å². The van der Waals surface area contributed by atoms with E-state index in [-0.39, 0.29) is 30.4 Å². The van der Waals surface area contributed by atoms with E-state index in [1.807, 2.05) is 25.1 Å². The summed E-state index contributed by atoms with van der Waals surface area (Å²) in [5.41, 5.74) is 2.88. The summed E-state index contributed by atoms with van der Waals surface area (Å²) < 4.78 is 11.7. The van der Waals surface area contributed by atoms with Gasteiger partial charge in [0.25, 0.3) is 0 Å². The maximum atomic E-state index is 12.2. The standard InChI is InChI=1S/C20H25N5O3/c1-11-17-9-13(4-5-21-17)22-19-10-18(24-25-19)12-2-3-15(6-12)28-20(26)23-14-7-16(8-14)27-11/h4-5,9-12,14-16H,2-3,6-8H2,1H3,(H,23,26)(H2,22,24,25)/t11-,12+,14?,15-,16?/m1/s1. The Morgan fingerprint density at radius 3 is 2.93 bits per heavy atom. The van der Waals surface area contributed by atoms with Gasteiger partial charge in [0.15, 0.2) is 5.82 Å². The zero-order chi connectivity index (χ0) is 19.1. The minimum absolute atomic E-state index is 0.0431. The molecule has 8 nitrogen and oxygen atoms in total. The fourth-order valence-corrected chi connectivity index (χ4v) is 4.34. The molecule has 28 heavy (non-hydrogen) atoms. The van der Waals surface area contributed by atoms with Crippen LogP contribution >= 0.6 is 0 Å². The lowest BCUT2D eigenvalue weighted by atomic mass is 9.89. The number of amides is 1. The molecule has 0 radical (unpaired) electrons. The fourth-order valence-electron chi connectivity index (χ4n) is 4.34. The summed E-state index contributed by atoms with van der Waals surface area (Å²) in [6, 6.07) is 6.08. The summed E-state index contributed by atoms with van der Waals surface area (Å²) in [5.74, 6) is 1.10. The fraction of sp³-hybridized carbons (Fsp3) is 0.550. The largest absolute Gasteiger partial charge is 0.446 e. The molecule has 1 amide bonds. The lowest BCUT2D eigenvalue weighted by Gasteiger charge is -2.37. The molecular formula is C20H25N5O3. The first-order valence-electron chi connectivity index (χ1n) is 10.0. The highest BCUT2D eigenvalue weighted by atomic mass is 16.6. The van der Waals surface area contributed by atoms with Crippen molar-refractivity contribution in [1.29, 1.82) is 0 Å². The van der Waals surface area contributed by atoms with Crippen LogP contribution < -0.4 is 10.6 Å². The number of nitrogens with zero attached hydrogens (tertiary/aromatic N) is 2. The number of pyridine rings is 1. The summed E-state index contributed by atoms with van der Waals surface area (Å²) in [4.78, 5) is 16.6. The number of alkyl carbamates (subject to hydrolysis) is 1. The number of carbonyl (C=O) groups excluding carboxylic acids is 1. The molecule has 3 N–H and O–H groups in total. The van der Waals surface area contributed by atoms with E-state index in [4.69, 9.17) is 9.47 Å². The first kappa shape index (κ1) is 17.5. The molecule has 0 unspecified atom stereocenters. The first-order chi connectivity index (χ1) is 13.6. The molecule has 2 aliphatic heterocycles. The molecule has 4 heterocycles. The second-order valence-electron chi connectivity index (χ2n) is 8.05. The number of carbonyl (C=O) groups is 1. The summed E-state index contributed by atoms with van der Waals surface area (Å²) in [6.45, 7) is 2.00. The summed E-state index contributed by atoms with van der Waals surface area (Å²) >= 11 is 0. The highest BCUT2D eigenvalue weighted by molar-refractivity contribution is 5.68. The Morgan fingerprint density at radius 2 is 2.04 bits per heavy atom. The van der Waals surface area contributed by atoms with Crippen LogP contribution in [0.15, 0.2) is 24.4 Å². The first-order valence-corrected chi connectivity index (χ1v) is 10.0. The number of aromatic nitrogens is 3. The van der Waals surface area contributed by atoms with Crippen LogP contribution in [0.3, 0.4) is 0 Å². The van der Waals surface area contributed by atoms with Crippen LogP contribution in [0.25, 0.3) is 0 Å². The molecule has 4 aliphatic rings. The van der Waals surface area contributed by atoms with Crippen LogP contribution in [0.1, 0.15) is 62.4 Å². The Bertz CT molecular complexity index is 863. The molecule has 2 aromatic rings. The van der Waals surface area contributed by atoms with Crippen LogP contribution in [-0.4, -0.2) is 39.5 Å². The quantitative estimate of drug-likeness (QED) is 0.643. The van der Waals surface area contributed by atoms with E-state index in [1.165, 1.54) is 0 Å². The molecular weight excluding hydrogens is 358 g/mol. The van der Waals surface area contributed by atoms with Crippen molar-refractivity contribution in [3.8, 4) is 0 Å². The molecule has 0 aromatic carbocycles. The minimum Gasteiger partial charge on any atom is -0.446 e. The van der Waals surface area contributed by atoms with Gasteiger partial charge in [0, 0.05) is 35.6 Å². The van der Waals surface area contributed by atoms with Crippen molar-refractivity contribution in [3.05, 3.63) is 35.8 Å². The van der Waals surface area contributed by atoms with Crippen molar-refractivity contribution in [1.82, 2.24) is 20.5 Å². The van der Waals surface area contributed by atoms with Gasteiger partial charge in [-0.05, 0) is 51.2 Å². The lowest BCUT2D eigenvalue weighted by Crippen LogP contribution is -2.48. The monoisotopic (exact) mass is 383 g/mol. The van der Waals surface area contributed by atoms with Gasteiger partial charge >= 0.3 is 6.09 Å². The van der Waals surface area contributed by atoms with Gasteiger partial charge < -0.3 is 20.1 Å². The number of fused-ring (bicyclic) bond motifs is 3. The molecule has 0 saturated heterocycles. The molecule has 8 bridgehead atoms. The zero-order valence-corrected chi connectivity index (χ0v) is 15.9. The zero-order valence-electron chi connectivity index (χ0n) is 15.9. The SMILES string of the molecule is C[C@H]1OC2CC(C2)NC(=O)O[C@@H]2CC[C@@H](C2)c2cc(n[nH]2)Nc2ccnc1c2. The Hall–Kier alpha value is -2.61. The third-order valence-electron chi connectivity index (χ3n) is 5.98. The second kappa shape index (κ2) is 7.09. The second-order valence-corrected chi connectivity index (χ2v) is 8.05. The number of nitrogens with one attached hydrogen (secondary N) is 3. The number of rotatable bonds is 0. The maximum absolute atomic E-state index is 12.2. The highest BCUT2D eigenvalue weighted by Gasteiger charge is 2.35. The third kappa shape index (κ3) is 3.56.